The van der Waals surface area contributed by atoms with E-state index in [1.807, 2.05) is 0 Å². The van der Waals surface area contributed by atoms with Gasteiger partial charge in [-0.1, -0.05) is 44.2 Å². The molecule has 2 atom stereocenters. The maximum absolute atomic E-state index is 3.81. The van der Waals surface area contributed by atoms with Gasteiger partial charge in [0.25, 0.3) is 0 Å². The van der Waals surface area contributed by atoms with Crippen molar-refractivity contribution in [3.8, 4) is 0 Å². The smallest absolute Gasteiger partial charge is 0.0478 e. The van der Waals surface area contributed by atoms with E-state index in [2.05, 4.69) is 61.3 Å². The Labute approximate surface area is 129 Å². The highest BCUT2D eigenvalue weighted by Gasteiger charge is 2.44. The van der Waals surface area contributed by atoms with Gasteiger partial charge in [0.1, 0.15) is 0 Å². The Morgan fingerprint density at radius 2 is 1.95 bits per heavy atom. The lowest BCUT2D eigenvalue weighted by molar-refractivity contribution is -0.0317. The first-order chi connectivity index (χ1) is 10.1. The van der Waals surface area contributed by atoms with Crippen molar-refractivity contribution < 1.29 is 0 Å². The van der Waals surface area contributed by atoms with Crippen LogP contribution in [0, 0.1) is 5.92 Å². The summed E-state index contributed by atoms with van der Waals surface area (Å²) >= 11 is 0. The standard InChI is InChI=1S/C19H30N2/c1-15(2)12-17-14-21(19(3)10-7-11-19)18(13-20-17)16-8-5-4-6-9-16/h4-6,8-9,15,17-18,20H,7,10-14H2,1-3H3. The maximum atomic E-state index is 3.81. The quantitative estimate of drug-likeness (QED) is 0.900. The molecule has 3 rings (SSSR count). The van der Waals surface area contributed by atoms with Gasteiger partial charge in [-0.25, -0.2) is 0 Å². The van der Waals surface area contributed by atoms with Gasteiger partial charge in [-0.3, -0.25) is 4.90 Å². The molecule has 2 aliphatic rings. The molecule has 2 nitrogen and oxygen atoms in total. The van der Waals surface area contributed by atoms with Gasteiger partial charge < -0.3 is 5.32 Å². The second kappa shape index (κ2) is 6.10. The Hall–Kier alpha value is -0.860. The molecule has 1 heterocycles. The van der Waals surface area contributed by atoms with E-state index >= 15 is 0 Å². The van der Waals surface area contributed by atoms with Gasteiger partial charge >= 0.3 is 0 Å². The maximum Gasteiger partial charge on any atom is 0.0478 e. The minimum atomic E-state index is 0.428. The molecule has 21 heavy (non-hydrogen) atoms. The van der Waals surface area contributed by atoms with E-state index in [4.69, 9.17) is 0 Å². The van der Waals surface area contributed by atoms with Crippen molar-refractivity contribution in [2.45, 2.75) is 64.1 Å². The van der Waals surface area contributed by atoms with E-state index in [0.29, 0.717) is 17.6 Å². The number of hydrogen-bond acceptors (Lipinski definition) is 2. The highest BCUT2D eigenvalue weighted by Crippen LogP contribution is 2.43. The minimum Gasteiger partial charge on any atom is -0.311 e. The van der Waals surface area contributed by atoms with Crippen LogP contribution in [0.2, 0.25) is 0 Å². The molecule has 0 aromatic heterocycles. The van der Waals surface area contributed by atoms with Crippen molar-refractivity contribution in [1.29, 1.82) is 0 Å². The van der Waals surface area contributed by atoms with Crippen molar-refractivity contribution in [2.75, 3.05) is 13.1 Å². The topological polar surface area (TPSA) is 15.3 Å². The normalized spacial score (nSPS) is 29.3. The summed E-state index contributed by atoms with van der Waals surface area (Å²) in [5, 5.41) is 3.81. The third kappa shape index (κ3) is 3.17. The largest absolute Gasteiger partial charge is 0.311 e. The zero-order valence-corrected chi connectivity index (χ0v) is 13.8. The Morgan fingerprint density at radius 1 is 1.24 bits per heavy atom. The summed E-state index contributed by atoms with van der Waals surface area (Å²) in [6.45, 7) is 9.44. The van der Waals surface area contributed by atoms with Gasteiger partial charge in [-0.05, 0) is 44.1 Å². The van der Waals surface area contributed by atoms with Crippen LogP contribution in [0.4, 0.5) is 0 Å². The molecule has 0 spiro atoms. The van der Waals surface area contributed by atoms with Gasteiger partial charge in [0.2, 0.25) is 0 Å². The minimum absolute atomic E-state index is 0.428. The number of rotatable bonds is 4. The molecule has 1 aliphatic heterocycles. The van der Waals surface area contributed by atoms with Gasteiger partial charge in [0, 0.05) is 30.7 Å². The highest BCUT2D eigenvalue weighted by molar-refractivity contribution is 5.21. The predicted molar refractivity (Wildman–Crippen MR) is 89.4 cm³/mol. The van der Waals surface area contributed by atoms with Crippen molar-refractivity contribution in [2.24, 2.45) is 5.92 Å². The summed E-state index contributed by atoms with van der Waals surface area (Å²) in [6, 6.07) is 12.3. The molecule has 1 aromatic carbocycles. The summed E-state index contributed by atoms with van der Waals surface area (Å²) in [7, 11) is 0. The van der Waals surface area contributed by atoms with Crippen molar-refractivity contribution in [1.82, 2.24) is 10.2 Å². The molecular weight excluding hydrogens is 256 g/mol. The molecule has 1 aliphatic carbocycles. The first-order valence-corrected chi connectivity index (χ1v) is 8.63. The van der Waals surface area contributed by atoms with Gasteiger partial charge in [-0.15, -0.1) is 0 Å². The second-order valence-electron chi connectivity index (χ2n) is 7.66. The van der Waals surface area contributed by atoms with E-state index in [1.54, 1.807) is 0 Å². The van der Waals surface area contributed by atoms with Gasteiger partial charge in [-0.2, -0.15) is 0 Å². The monoisotopic (exact) mass is 286 g/mol. The first-order valence-electron chi connectivity index (χ1n) is 8.63. The van der Waals surface area contributed by atoms with Crippen LogP contribution < -0.4 is 5.32 Å². The molecule has 2 unspecified atom stereocenters. The third-order valence-corrected chi connectivity index (χ3v) is 5.46. The van der Waals surface area contributed by atoms with Crippen molar-refractivity contribution in [3.63, 3.8) is 0 Å². The van der Waals surface area contributed by atoms with Crippen LogP contribution >= 0.6 is 0 Å². The summed E-state index contributed by atoms with van der Waals surface area (Å²) in [5.41, 5.74) is 1.90. The molecule has 1 N–H and O–H groups in total. The van der Waals surface area contributed by atoms with Crippen LogP contribution in [0.3, 0.4) is 0 Å². The molecule has 2 fully saturated rings. The number of nitrogens with zero attached hydrogens (tertiary/aromatic N) is 1. The van der Waals surface area contributed by atoms with Crippen LogP contribution in [-0.4, -0.2) is 29.6 Å². The van der Waals surface area contributed by atoms with E-state index in [1.165, 1.54) is 37.8 Å². The van der Waals surface area contributed by atoms with Crippen LogP contribution in [0.15, 0.2) is 30.3 Å². The molecular formula is C19H30N2. The summed E-state index contributed by atoms with van der Waals surface area (Å²) in [6.07, 6.45) is 5.42. The lowest BCUT2D eigenvalue weighted by atomic mass is 9.75. The van der Waals surface area contributed by atoms with Crippen molar-refractivity contribution in [3.05, 3.63) is 35.9 Å². The van der Waals surface area contributed by atoms with E-state index < -0.39 is 0 Å². The third-order valence-electron chi connectivity index (χ3n) is 5.46. The van der Waals surface area contributed by atoms with Crippen molar-refractivity contribution >= 4 is 0 Å². The molecule has 0 bridgehead atoms. The molecule has 1 saturated carbocycles. The average molecular weight is 286 g/mol. The number of nitrogens with one attached hydrogen (secondary N) is 1. The van der Waals surface area contributed by atoms with Crippen LogP contribution in [0.25, 0.3) is 0 Å². The summed E-state index contributed by atoms with van der Waals surface area (Å²) in [5.74, 6) is 0.770. The van der Waals surface area contributed by atoms with E-state index in [0.717, 1.165) is 12.5 Å². The fraction of sp³-hybridized carbons (Fsp3) is 0.684. The zero-order valence-electron chi connectivity index (χ0n) is 13.8. The van der Waals surface area contributed by atoms with Crippen LogP contribution in [0.5, 0.6) is 0 Å². The molecule has 116 valence electrons. The summed E-state index contributed by atoms with van der Waals surface area (Å²) in [4.78, 5) is 2.81. The zero-order chi connectivity index (χ0) is 14.9. The number of piperazine rings is 1. The van der Waals surface area contributed by atoms with Gasteiger partial charge in [0.05, 0.1) is 0 Å². The lowest BCUT2D eigenvalue weighted by Crippen LogP contribution is -2.62. The number of benzene rings is 1. The molecule has 2 heteroatoms. The van der Waals surface area contributed by atoms with E-state index in [9.17, 15) is 0 Å². The van der Waals surface area contributed by atoms with E-state index in [-0.39, 0.29) is 0 Å². The fourth-order valence-electron chi connectivity index (χ4n) is 4.09. The Kier molecular flexibility index (Phi) is 4.37. The Morgan fingerprint density at radius 3 is 2.52 bits per heavy atom. The molecule has 1 aromatic rings. The van der Waals surface area contributed by atoms with Crippen LogP contribution in [0.1, 0.15) is 58.1 Å². The molecule has 0 radical (unpaired) electrons. The molecule has 1 saturated heterocycles. The highest BCUT2D eigenvalue weighted by atomic mass is 15.3. The Balaban J connectivity index is 1.79. The Bertz CT molecular complexity index is 450. The lowest BCUT2D eigenvalue weighted by Gasteiger charge is -2.55. The average Bonchev–Trinajstić information content (AvgIpc) is 2.45. The first kappa shape index (κ1) is 15.1. The fourth-order valence-corrected chi connectivity index (χ4v) is 4.09. The molecule has 0 amide bonds. The van der Waals surface area contributed by atoms with Gasteiger partial charge in [0.15, 0.2) is 0 Å². The second-order valence-corrected chi connectivity index (χ2v) is 7.66. The SMILES string of the molecule is CC(C)CC1CN(C2(C)CCC2)C(c2ccccc2)CN1. The number of hydrogen-bond donors (Lipinski definition) is 1. The summed E-state index contributed by atoms with van der Waals surface area (Å²) < 4.78 is 0. The van der Waals surface area contributed by atoms with Crippen LogP contribution in [-0.2, 0) is 0 Å². The predicted octanol–water partition coefficient (Wildman–Crippen LogP) is 3.99.